The summed E-state index contributed by atoms with van der Waals surface area (Å²) < 4.78 is 2.99. The number of hydrogen-bond acceptors (Lipinski definition) is 2. The van der Waals surface area contributed by atoms with Crippen molar-refractivity contribution in [3.63, 3.8) is 0 Å². The Hall–Kier alpha value is -3.76. The molecule has 0 aliphatic carbocycles. The van der Waals surface area contributed by atoms with Crippen LogP contribution in [0.3, 0.4) is 0 Å². The monoisotopic (exact) mass is 475 g/mol. The topological polar surface area (TPSA) is 30.7 Å². The van der Waals surface area contributed by atoms with Gasteiger partial charge in [-0.1, -0.05) is 94.8 Å². The lowest BCUT2D eigenvalue weighted by Gasteiger charge is -2.11. The molecule has 152 valence electrons. The van der Waals surface area contributed by atoms with Gasteiger partial charge in [0.15, 0.2) is 5.65 Å². The number of hydrogen-bond donors (Lipinski definition) is 0. The van der Waals surface area contributed by atoms with Gasteiger partial charge in [-0.15, -0.1) is 0 Å². The van der Waals surface area contributed by atoms with Gasteiger partial charge in [0.25, 0.3) is 0 Å². The Morgan fingerprint density at radius 2 is 1.28 bits per heavy atom. The molecular weight excluding hydrogens is 458 g/mol. The van der Waals surface area contributed by atoms with Crippen LogP contribution in [0.2, 0.25) is 0 Å². The number of fused-ring (bicyclic) bond motifs is 2. The van der Waals surface area contributed by atoms with E-state index in [0.29, 0.717) is 0 Å². The molecule has 0 amide bonds. The smallest absolute Gasteiger partial charge is 0.164 e. The molecule has 0 spiro atoms. The van der Waals surface area contributed by atoms with Gasteiger partial charge in [0.1, 0.15) is 5.69 Å². The predicted molar refractivity (Wildman–Crippen MR) is 135 cm³/mol. The molecule has 2 aromatic heterocycles. The molecule has 0 atom stereocenters. The van der Waals surface area contributed by atoms with Gasteiger partial charge in [-0.2, -0.15) is 5.10 Å². The number of aromatic nitrogens is 3. The van der Waals surface area contributed by atoms with Crippen LogP contribution in [0, 0.1) is 0 Å². The van der Waals surface area contributed by atoms with Crippen molar-refractivity contribution in [1.82, 2.24) is 14.8 Å². The summed E-state index contributed by atoms with van der Waals surface area (Å²) in [5.41, 5.74) is 7.07. The van der Waals surface area contributed by atoms with Crippen LogP contribution in [-0.2, 0) is 0 Å². The van der Waals surface area contributed by atoms with Crippen LogP contribution in [0.15, 0.2) is 114 Å². The summed E-state index contributed by atoms with van der Waals surface area (Å²) in [4.78, 5) is 5.11. The Labute approximate surface area is 194 Å². The maximum absolute atomic E-state index is 5.11. The molecule has 6 rings (SSSR count). The van der Waals surface area contributed by atoms with Crippen molar-refractivity contribution in [2.24, 2.45) is 0 Å². The van der Waals surface area contributed by atoms with Crippen LogP contribution in [0.4, 0.5) is 0 Å². The highest BCUT2D eigenvalue weighted by Gasteiger charge is 2.22. The van der Waals surface area contributed by atoms with Crippen molar-refractivity contribution in [2.75, 3.05) is 0 Å². The zero-order valence-corrected chi connectivity index (χ0v) is 18.7. The number of para-hydroxylation sites is 1. The normalized spacial score (nSPS) is 11.3. The molecule has 4 aromatic carbocycles. The molecule has 0 unspecified atom stereocenters. The minimum Gasteiger partial charge on any atom is -0.228 e. The quantitative estimate of drug-likeness (QED) is 0.262. The van der Waals surface area contributed by atoms with Gasteiger partial charge in [-0.25, -0.2) is 9.67 Å². The first-order chi connectivity index (χ1) is 15.8. The molecule has 2 heterocycles. The summed E-state index contributed by atoms with van der Waals surface area (Å²) in [7, 11) is 0. The van der Waals surface area contributed by atoms with E-state index in [9.17, 15) is 0 Å². The molecule has 3 nitrogen and oxygen atoms in total. The molecule has 0 bridgehead atoms. The lowest BCUT2D eigenvalue weighted by molar-refractivity contribution is 0.903. The van der Waals surface area contributed by atoms with Crippen molar-refractivity contribution >= 4 is 37.9 Å². The van der Waals surface area contributed by atoms with E-state index < -0.39 is 0 Å². The second-order valence-corrected chi connectivity index (χ2v) is 8.59. The Morgan fingerprint density at radius 1 is 0.656 bits per heavy atom. The summed E-state index contributed by atoms with van der Waals surface area (Å²) in [5, 5.41) is 7.26. The van der Waals surface area contributed by atoms with Gasteiger partial charge in [0.2, 0.25) is 0 Å². The molecule has 0 radical (unpaired) electrons. The molecular formula is C28H18BrN3. The highest BCUT2D eigenvalue weighted by Crippen LogP contribution is 2.41. The number of benzene rings is 4. The molecule has 32 heavy (non-hydrogen) atoms. The SMILES string of the molecule is Brc1ccc2nc3c(c(-c4ccccc4)nn3-c3ccccc3)c(-c3ccccc3)c2c1. The average Bonchev–Trinajstić information content (AvgIpc) is 3.23. The van der Waals surface area contributed by atoms with Crippen LogP contribution >= 0.6 is 15.9 Å². The fraction of sp³-hybridized carbons (Fsp3) is 0. The Bertz CT molecular complexity index is 1560. The second kappa shape index (κ2) is 7.74. The first-order valence-electron chi connectivity index (χ1n) is 10.5. The maximum atomic E-state index is 5.11. The predicted octanol–water partition coefficient (Wildman–Crippen LogP) is 7.67. The molecule has 0 N–H and O–H groups in total. The standard InChI is InChI=1S/C28H18BrN3/c29-21-16-17-24-23(18-21)25(19-10-4-1-5-11-19)26-27(20-12-6-2-7-13-20)31-32(28(26)30-24)22-14-8-3-9-15-22/h1-18H. The number of nitrogens with zero attached hydrogens (tertiary/aromatic N) is 3. The van der Waals surface area contributed by atoms with Crippen LogP contribution in [-0.4, -0.2) is 14.8 Å². The minimum atomic E-state index is 0.851. The Morgan fingerprint density at radius 3 is 1.97 bits per heavy atom. The van der Waals surface area contributed by atoms with E-state index in [-0.39, 0.29) is 0 Å². The van der Waals surface area contributed by atoms with Crippen LogP contribution in [0.25, 0.3) is 50.0 Å². The van der Waals surface area contributed by atoms with E-state index >= 15 is 0 Å². The molecule has 0 aliphatic heterocycles. The van der Waals surface area contributed by atoms with Crippen LogP contribution in [0.5, 0.6) is 0 Å². The summed E-state index contributed by atoms with van der Waals surface area (Å²) >= 11 is 3.66. The van der Waals surface area contributed by atoms with Crippen molar-refractivity contribution in [1.29, 1.82) is 0 Å². The highest BCUT2D eigenvalue weighted by atomic mass is 79.9. The zero-order valence-electron chi connectivity index (χ0n) is 17.1. The van der Waals surface area contributed by atoms with Gasteiger partial charge in [-0.05, 0) is 35.9 Å². The van der Waals surface area contributed by atoms with E-state index in [0.717, 1.165) is 54.5 Å². The van der Waals surface area contributed by atoms with Crippen LogP contribution in [0.1, 0.15) is 0 Å². The third-order valence-corrected chi connectivity index (χ3v) is 6.17. The first kappa shape index (κ1) is 19.0. The highest BCUT2D eigenvalue weighted by molar-refractivity contribution is 9.10. The molecule has 0 saturated carbocycles. The fourth-order valence-electron chi connectivity index (χ4n) is 4.25. The third kappa shape index (κ3) is 3.12. The van der Waals surface area contributed by atoms with E-state index in [4.69, 9.17) is 10.1 Å². The second-order valence-electron chi connectivity index (χ2n) is 7.67. The Kier molecular flexibility index (Phi) is 4.58. The first-order valence-corrected chi connectivity index (χ1v) is 11.3. The lowest BCUT2D eigenvalue weighted by Crippen LogP contribution is -1.98. The maximum Gasteiger partial charge on any atom is 0.164 e. The van der Waals surface area contributed by atoms with Crippen molar-refractivity contribution in [3.05, 3.63) is 114 Å². The van der Waals surface area contributed by atoms with E-state index in [1.54, 1.807) is 0 Å². The van der Waals surface area contributed by atoms with E-state index in [1.807, 2.05) is 41.1 Å². The van der Waals surface area contributed by atoms with Crippen molar-refractivity contribution in [2.45, 2.75) is 0 Å². The average molecular weight is 476 g/mol. The fourth-order valence-corrected chi connectivity index (χ4v) is 4.61. The molecule has 0 fully saturated rings. The summed E-state index contributed by atoms with van der Waals surface area (Å²) in [6.07, 6.45) is 0. The lowest BCUT2D eigenvalue weighted by atomic mass is 9.95. The van der Waals surface area contributed by atoms with E-state index in [2.05, 4.69) is 88.7 Å². The van der Waals surface area contributed by atoms with Gasteiger partial charge < -0.3 is 0 Å². The van der Waals surface area contributed by atoms with Gasteiger partial charge >= 0.3 is 0 Å². The number of rotatable bonds is 3. The zero-order chi connectivity index (χ0) is 21.5. The molecule has 0 aliphatic rings. The van der Waals surface area contributed by atoms with Crippen molar-refractivity contribution in [3.8, 4) is 28.1 Å². The van der Waals surface area contributed by atoms with Gasteiger partial charge in [0, 0.05) is 21.0 Å². The van der Waals surface area contributed by atoms with Crippen molar-refractivity contribution < 1.29 is 0 Å². The van der Waals surface area contributed by atoms with Crippen LogP contribution < -0.4 is 0 Å². The third-order valence-electron chi connectivity index (χ3n) is 5.68. The number of halogens is 1. The number of pyridine rings is 1. The van der Waals surface area contributed by atoms with Gasteiger partial charge in [-0.3, -0.25) is 0 Å². The summed E-state index contributed by atoms with van der Waals surface area (Å²) in [6, 6.07) is 37.3. The van der Waals surface area contributed by atoms with Gasteiger partial charge in [0.05, 0.1) is 16.6 Å². The molecule has 0 saturated heterocycles. The molecule has 6 aromatic rings. The van der Waals surface area contributed by atoms with E-state index in [1.165, 1.54) is 0 Å². The largest absolute Gasteiger partial charge is 0.228 e. The summed E-state index contributed by atoms with van der Waals surface area (Å²) in [6.45, 7) is 0. The molecule has 4 heteroatoms. The minimum absolute atomic E-state index is 0.851. The Balaban J connectivity index is 1.84. The summed E-state index contributed by atoms with van der Waals surface area (Å²) in [5.74, 6) is 0.